The summed E-state index contributed by atoms with van der Waals surface area (Å²) in [5, 5.41) is 17.3. The van der Waals surface area contributed by atoms with Gasteiger partial charge in [-0.15, -0.1) is 0 Å². The van der Waals surface area contributed by atoms with E-state index in [2.05, 4.69) is 0 Å². The number of carboxylic acids is 2. The molecule has 0 aromatic heterocycles. The van der Waals surface area contributed by atoms with Gasteiger partial charge in [-0.05, 0) is 51.4 Å². The lowest BCUT2D eigenvalue weighted by atomic mass is 9.96. The second kappa shape index (κ2) is 20.4. The minimum Gasteiger partial charge on any atom is -0.481 e. The van der Waals surface area contributed by atoms with Crippen molar-refractivity contribution in [3.8, 4) is 0 Å². The maximum Gasteiger partial charge on any atom is 0.304 e. The Kier molecular flexibility index (Phi) is 19.6. The first kappa shape index (κ1) is 30.8. The Labute approximate surface area is 194 Å². The van der Waals surface area contributed by atoms with Gasteiger partial charge in [-0.1, -0.05) is 51.4 Å². The lowest BCUT2D eigenvalue weighted by Crippen LogP contribution is -2.31. The van der Waals surface area contributed by atoms with Crippen LogP contribution in [0.25, 0.3) is 0 Å². The van der Waals surface area contributed by atoms with Crippen LogP contribution in [0, 0.1) is 0 Å². The van der Waals surface area contributed by atoms with E-state index in [0.717, 1.165) is 64.2 Å². The van der Waals surface area contributed by atoms with Gasteiger partial charge in [-0.3, -0.25) is 9.59 Å². The van der Waals surface area contributed by atoms with E-state index in [1.54, 1.807) is 0 Å². The first-order valence-electron chi connectivity index (χ1n) is 12.7. The fraction of sp³-hybridized carbons (Fsp3) is 0.917. The van der Waals surface area contributed by atoms with Crippen LogP contribution in [-0.4, -0.2) is 46.3 Å². The van der Waals surface area contributed by atoms with Crippen LogP contribution in [0.4, 0.5) is 0 Å². The Morgan fingerprint density at radius 1 is 0.469 bits per heavy atom. The Morgan fingerprint density at radius 3 is 1.22 bits per heavy atom. The Hall–Kier alpha value is -1.22. The third-order valence-corrected chi connectivity index (χ3v) is 6.13. The predicted octanol–water partition coefficient (Wildman–Crippen LogP) is 3.49. The van der Waals surface area contributed by atoms with Crippen molar-refractivity contribution in [2.24, 2.45) is 22.9 Å². The molecule has 4 unspecified atom stereocenters. The second-order valence-corrected chi connectivity index (χ2v) is 9.48. The van der Waals surface area contributed by atoms with Gasteiger partial charge in [0.05, 0.1) is 6.42 Å². The van der Waals surface area contributed by atoms with E-state index in [9.17, 15) is 9.59 Å². The molecule has 0 rings (SSSR count). The first-order valence-corrected chi connectivity index (χ1v) is 12.7. The van der Waals surface area contributed by atoms with Crippen molar-refractivity contribution in [2.75, 3.05) is 0 Å². The van der Waals surface area contributed by atoms with Crippen molar-refractivity contribution in [1.29, 1.82) is 0 Å². The van der Waals surface area contributed by atoms with Gasteiger partial charge in [0, 0.05) is 30.6 Å². The topological polar surface area (TPSA) is 179 Å². The van der Waals surface area contributed by atoms with E-state index in [1.807, 2.05) is 0 Å². The van der Waals surface area contributed by atoms with Crippen molar-refractivity contribution < 1.29 is 19.8 Å². The predicted molar refractivity (Wildman–Crippen MR) is 130 cm³/mol. The molecule has 0 spiro atoms. The second-order valence-electron chi connectivity index (χ2n) is 9.48. The van der Waals surface area contributed by atoms with Crippen LogP contribution in [0.3, 0.4) is 0 Å². The van der Waals surface area contributed by atoms with E-state index in [1.165, 1.54) is 32.1 Å². The zero-order chi connectivity index (χ0) is 24.2. The molecule has 0 bridgehead atoms. The van der Waals surface area contributed by atoms with Crippen LogP contribution in [0.5, 0.6) is 0 Å². The molecule has 4 atom stereocenters. The first-order chi connectivity index (χ1) is 15.2. The number of aliphatic carboxylic acids is 2. The molecule has 0 saturated carbocycles. The number of carboxylic acid groups (broad SMARTS) is 2. The van der Waals surface area contributed by atoms with Crippen LogP contribution in [0.1, 0.15) is 116 Å². The monoisotopic (exact) mass is 458 g/mol. The van der Waals surface area contributed by atoms with E-state index in [-0.39, 0.29) is 30.6 Å². The van der Waals surface area contributed by atoms with Crippen molar-refractivity contribution >= 4 is 11.9 Å². The van der Waals surface area contributed by atoms with Gasteiger partial charge in [-0.2, -0.15) is 0 Å². The summed E-state index contributed by atoms with van der Waals surface area (Å²) in [6, 6.07) is -0.00626. The Morgan fingerprint density at radius 2 is 0.812 bits per heavy atom. The normalized spacial score (nSPS) is 15.2. The molecule has 0 aromatic rings. The van der Waals surface area contributed by atoms with E-state index in [0.29, 0.717) is 12.8 Å². The highest BCUT2D eigenvalue weighted by Gasteiger charge is 2.13. The molecule has 0 radical (unpaired) electrons. The third kappa shape index (κ3) is 22.0. The molecule has 32 heavy (non-hydrogen) atoms. The highest BCUT2D eigenvalue weighted by Crippen LogP contribution is 2.14. The van der Waals surface area contributed by atoms with E-state index in [4.69, 9.17) is 33.1 Å². The minimum atomic E-state index is -0.869. The molecule has 0 heterocycles. The van der Waals surface area contributed by atoms with Crippen LogP contribution >= 0.6 is 0 Å². The molecule has 8 nitrogen and oxygen atoms in total. The van der Waals surface area contributed by atoms with Gasteiger partial charge in [0.15, 0.2) is 0 Å². The number of unbranched alkanes of at least 4 members (excludes halogenated alkanes) is 8. The number of nitrogens with two attached hydrogens (primary N) is 4. The lowest BCUT2D eigenvalue weighted by molar-refractivity contribution is -0.138. The standard InChI is InChI=1S/C24H50N4O4/c25-19(10-8-6-4-2-1-3-5-7-9-11-23(29)30)12-13-20(26)14-15-21(27)16-17-22(28)18-24(31)32/h19-22H,1-18,25-28H2,(H,29,30)(H,31,32). The number of hydrogen-bond acceptors (Lipinski definition) is 6. The maximum absolute atomic E-state index is 10.6. The maximum atomic E-state index is 10.6. The molecule has 0 aromatic carbocycles. The average Bonchev–Trinajstić information content (AvgIpc) is 2.72. The average molecular weight is 459 g/mol. The summed E-state index contributed by atoms with van der Waals surface area (Å²) in [5.41, 5.74) is 24.3. The van der Waals surface area contributed by atoms with Gasteiger partial charge >= 0.3 is 11.9 Å². The van der Waals surface area contributed by atoms with Gasteiger partial charge in [0.25, 0.3) is 0 Å². The highest BCUT2D eigenvalue weighted by molar-refractivity contribution is 5.67. The van der Waals surface area contributed by atoms with Crippen molar-refractivity contribution in [2.45, 2.75) is 140 Å². The molecule has 190 valence electrons. The molecular weight excluding hydrogens is 408 g/mol. The van der Waals surface area contributed by atoms with Crippen LogP contribution in [0.2, 0.25) is 0 Å². The fourth-order valence-corrected chi connectivity index (χ4v) is 3.96. The molecule has 0 fully saturated rings. The summed E-state index contributed by atoms with van der Waals surface area (Å²) in [7, 11) is 0. The number of hydrogen-bond donors (Lipinski definition) is 6. The number of rotatable bonds is 23. The van der Waals surface area contributed by atoms with Crippen molar-refractivity contribution in [3.63, 3.8) is 0 Å². The summed E-state index contributed by atoms with van der Waals surface area (Å²) >= 11 is 0. The van der Waals surface area contributed by atoms with Crippen LogP contribution in [0.15, 0.2) is 0 Å². The molecule has 0 aliphatic carbocycles. The third-order valence-electron chi connectivity index (χ3n) is 6.13. The van der Waals surface area contributed by atoms with Gasteiger partial charge in [0.1, 0.15) is 0 Å². The number of carbonyl (C=O) groups is 2. The summed E-state index contributed by atoms with van der Waals surface area (Å²) in [6.07, 6.45) is 16.5. The van der Waals surface area contributed by atoms with Gasteiger partial charge in [0.2, 0.25) is 0 Å². The van der Waals surface area contributed by atoms with Crippen LogP contribution < -0.4 is 22.9 Å². The summed E-state index contributed by atoms with van der Waals surface area (Å²) in [6.45, 7) is 0. The summed E-state index contributed by atoms with van der Waals surface area (Å²) in [5.74, 6) is -1.56. The minimum absolute atomic E-state index is 0.0133. The molecule has 0 aliphatic heterocycles. The molecular formula is C24H50N4O4. The molecule has 8 heteroatoms. The van der Waals surface area contributed by atoms with Gasteiger partial charge in [-0.25, -0.2) is 0 Å². The fourth-order valence-electron chi connectivity index (χ4n) is 3.96. The summed E-state index contributed by atoms with van der Waals surface area (Å²) < 4.78 is 0. The molecule has 0 amide bonds. The summed E-state index contributed by atoms with van der Waals surface area (Å²) in [4.78, 5) is 21.1. The SMILES string of the molecule is NC(CCCCCCCCCCCC(=O)O)CCC(N)CCC(N)CCC(N)CC(=O)O. The van der Waals surface area contributed by atoms with E-state index < -0.39 is 11.9 Å². The molecule has 0 saturated heterocycles. The zero-order valence-corrected chi connectivity index (χ0v) is 20.1. The highest BCUT2D eigenvalue weighted by atomic mass is 16.4. The smallest absolute Gasteiger partial charge is 0.304 e. The quantitative estimate of drug-likeness (QED) is 0.126. The largest absolute Gasteiger partial charge is 0.481 e. The lowest BCUT2D eigenvalue weighted by Gasteiger charge is -2.18. The Bertz CT molecular complexity index is 479. The molecule has 0 aliphatic rings. The van der Waals surface area contributed by atoms with Crippen LogP contribution in [-0.2, 0) is 9.59 Å². The van der Waals surface area contributed by atoms with Crippen molar-refractivity contribution in [3.05, 3.63) is 0 Å². The Balaban J connectivity index is 3.52. The van der Waals surface area contributed by atoms with E-state index >= 15 is 0 Å². The van der Waals surface area contributed by atoms with Crippen molar-refractivity contribution in [1.82, 2.24) is 0 Å². The van der Waals surface area contributed by atoms with Gasteiger partial charge < -0.3 is 33.1 Å². The zero-order valence-electron chi connectivity index (χ0n) is 20.1. The molecule has 10 N–H and O–H groups in total.